The second-order valence-electron chi connectivity index (χ2n) is 8.05. The van der Waals surface area contributed by atoms with Gasteiger partial charge in [-0.1, -0.05) is 19.2 Å². The van der Waals surface area contributed by atoms with E-state index in [2.05, 4.69) is 28.4 Å². The molecule has 1 heterocycles. The quantitative estimate of drug-likeness (QED) is 0.400. The number of likely N-dealkylation sites (N-methyl/N-ethyl adjacent to an activating group) is 2. The second-order valence-corrected chi connectivity index (χ2v) is 8.94. The van der Waals surface area contributed by atoms with Crippen molar-refractivity contribution in [3.8, 4) is 16.3 Å². The molecule has 1 unspecified atom stereocenters. The zero-order valence-electron chi connectivity index (χ0n) is 19.9. The van der Waals surface area contributed by atoms with Gasteiger partial charge in [-0.25, -0.2) is 4.98 Å². The molecule has 32 heavy (non-hydrogen) atoms. The number of hydrogen-bond donors (Lipinski definition) is 1. The Morgan fingerprint density at radius 3 is 2.56 bits per heavy atom. The van der Waals surface area contributed by atoms with Gasteiger partial charge in [-0.15, -0.1) is 11.3 Å². The molecule has 2 rings (SSSR count). The van der Waals surface area contributed by atoms with Crippen molar-refractivity contribution in [2.45, 2.75) is 19.9 Å². The molecule has 2 aromatic rings. The van der Waals surface area contributed by atoms with Crippen LogP contribution >= 0.6 is 11.3 Å². The Morgan fingerprint density at radius 1 is 1.28 bits per heavy atom. The smallest absolute Gasteiger partial charge is 0.252 e. The second kappa shape index (κ2) is 11.6. The number of nitrogens with zero attached hydrogens (tertiary/aromatic N) is 3. The minimum Gasteiger partial charge on any atom is -0.496 e. The predicted octanol–water partition coefficient (Wildman–Crippen LogP) is 4.51. The normalized spacial score (nSPS) is 12.4. The van der Waals surface area contributed by atoms with Crippen molar-refractivity contribution >= 4 is 17.2 Å². The van der Waals surface area contributed by atoms with Gasteiger partial charge in [-0.3, -0.25) is 4.79 Å². The Bertz CT molecular complexity index is 980. The molecule has 0 fully saturated rings. The maximum atomic E-state index is 13.1. The Hall–Kier alpha value is -2.90. The number of amides is 1. The number of carbonyl (C=O) groups excluding carboxylic acids is 1. The van der Waals surface area contributed by atoms with Gasteiger partial charge in [0.2, 0.25) is 0 Å². The molecule has 0 aliphatic carbocycles. The van der Waals surface area contributed by atoms with Crippen molar-refractivity contribution in [2.24, 2.45) is 0 Å². The lowest BCUT2D eigenvalue weighted by molar-refractivity contribution is -0.117. The summed E-state index contributed by atoms with van der Waals surface area (Å²) < 4.78 is 5.50. The lowest BCUT2D eigenvalue weighted by Gasteiger charge is -2.23. The lowest BCUT2D eigenvalue weighted by atomic mass is 10.0. The van der Waals surface area contributed by atoms with E-state index in [4.69, 9.17) is 4.74 Å². The molecule has 0 aliphatic heterocycles. The summed E-state index contributed by atoms with van der Waals surface area (Å²) in [6.45, 7) is 13.6. The minimum atomic E-state index is -0.213. The van der Waals surface area contributed by atoms with E-state index in [1.165, 1.54) is 0 Å². The molecule has 1 amide bonds. The van der Waals surface area contributed by atoms with Crippen LogP contribution < -0.4 is 10.1 Å². The molecule has 6 nitrogen and oxygen atoms in total. The summed E-state index contributed by atoms with van der Waals surface area (Å²) in [5.74, 6) is 0.570. The molecule has 0 aliphatic rings. The molecule has 1 atom stereocenters. The molecule has 172 valence electrons. The molecule has 0 saturated carbocycles. The van der Waals surface area contributed by atoms with Gasteiger partial charge in [0.25, 0.3) is 5.91 Å². The Kier molecular flexibility index (Phi) is 9.23. The van der Waals surface area contributed by atoms with E-state index in [0.29, 0.717) is 11.1 Å². The summed E-state index contributed by atoms with van der Waals surface area (Å²) >= 11 is 1.55. The number of aromatic nitrogens is 1. The monoisotopic (exact) mass is 454 g/mol. The Labute approximate surface area is 195 Å². The van der Waals surface area contributed by atoms with E-state index in [-0.39, 0.29) is 11.9 Å². The van der Waals surface area contributed by atoms with Crippen molar-refractivity contribution in [1.82, 2.24) is 20.1 Å². The van der Waals surface area contributed by atoms with Crippen LogP contribution in [-0.4, -0.2) is 62.0 Å². The maximum absolute atomic E-state index is 13.1. The predicted molar refractivity (Wildman–Crippen MR) is 134 cm³/mol. The van der Waals surface area contributed by atoms with Gasteiger partial charge in [-0.2, -0.15) is 0 Å². The molecular formula is C25H34N4O2S. The Morgan fingerprint density at radius 2 is 2.00 bits per heavy atom. The number of hydrogen-bond acceptors (Lipinski definition) is 6. The first-order chi connectivity index (χ1) is 15.1. The summed E-state index contributed by atoms with van der Waals surface area (Å²) in [4.78, 5) is 21.6. The third-order valence-corrected chi connectivity index (χ3v) is 5.93. The van der Waals surface area contributed by atoms with E-state index in [1.54, 1.807) is 30.7 Å². The van der Waals surface area contributed by atoms with Gasteiger partial charge in [0.1, 0.15) is 10.8 Å². The average Bonchev–Trinajstić information content (AvgIpc) is 3.29. The number of ether oxygens (including phenoxy) is 1. The lowest BCUT2D eigenvalue weighted by Crippen LogP contribution is -2.30. The summed E-state index contributed by atoms with van der Waals surface area (Å²) in [7, 11) is 7.67. The fourth-order valence-corrected chi connectivity index (χ4v) is 3.69. The van der Waals surface area contributed by atoms with Crippen LogP contribution in [0.15, 0.2) is 65.9 Å². The number of allylic oxidation sites excluding steroid dienone is 1. The number of thiazole rings is 1. The molecule has 7 heteroatoms. The first-order valence-corrected chi connectivity index (χ1v) is 11.3. The molecule has 0 radical (unpaired) electrons. The van der Waals surface area contributed by atoms with E-state index in [1.807, 2.05) is 63.5 Å². The molecule has 1 N–H and O–H groups in total. The van der Waals surface area contributed by atoms with Gasteiger partial charge in [0, 0.05) is 43.0 Å². The number of methoxy groups -OCH3 is 1. The minimum absolute atomic E-state index is 0.182. The van der Waals surface area contributed by atoms with Crippen molar-refractivity contribution < 1.29 is 9.53 Å². The van der Waals surface area contributed by atoms with Gasteiger partial charge >= 0.3 is 0 Å². The van der Waals surface area contributed by atoms with Crippen LogP contribution in [-0.2, 0) is 4.79 Å². The van der Waals surface area contributed by atoms with Gasteiger partial charge < -0.3 is 19.9 Å². The van der Waals surface area contributed by atoms with E-state index >= 15 is 0 Å². The fourth-order valence-electron chi connectivity index (χ4n) is 3.03. The van der Waals surface area contributed by atoms with Crippen molar-refractivity contribution in [2.75, 3.05) is 41.3 Å². The molecule has 1 aromatic carbocycles. The zero-order chi connectivity index (χ0) is 23.8. The van der Waals surface area contributed by atoms with E-state index in [0.717, 1.165) is 40.7 Å². The zero-order valence-corrected chi connectivity index (χ0v) is 20.8. The summed E-state index contributed by atoms with van der Waals surface area (Å²) in [5, 5.41) is 5.89. The highest BCUT2D eigenvalue weighted by molar-refractivity contribution is 7.13. The number of nitrogens with one attached hydrogen (secondary N) is 1. The van der Waals surface area contributed by atoms with Gasteiger partial charge in [-0.05, 0) is 57.3 Å². The highest BCUT2D eigenvalue weighted by atomic mass is 32.1. The van der Waals surface area contributed by atoms with Crippen LogP contribution in [0.4, 0.5) is 0 Å². The maximum Gasteiger partial charge on any atom is 0.252 e. The van der Waals surface area contributed by atoms with Crippen LogP contribution in [0.3, 0.4) is 0 Å². The molecular weight excluding hydrogens is 420 g/mol. The molecule has 0 spiro atoms. The topological polar surface area (TPSA) is 57.7 Å². The number of rotatable bonds is 11. The van der Waals surface area contributed by atoms with Crippen LogP contribution in [0.1, 0.15) is 25.5 Å². The first-order valence-electron chi connectivity index (χ1n) is 10.4. The third-order valence-electron chi connectivity index (χ3n) is 5.12. The van der Waals surface area contributed by atoms with Crippen LogP contribution in [0.5, 0.6) is 5.75 Å². The summed E-state index contributed by atoms with van der Waals surface area (Å²) in [5.41, 5.74) is 3.85. The van der Waals surface area contributed by atoms with Crippen LogP contribution in [0.2, 0.25) is 0 Å². The third kappa shape index (κ3) is 6.80. The summed E-state index contributed by atoms with van der Waals surface area (Å²) in [6.07, 6.45) is 3.57. The average molecular weight is 455 g/mol. The standard InChI is InChI=1S/C25H34N4O2S/c1-17(2)21(15-18(3)29(7)13-12-28(5)6)24(30)27-19(4)20-9-10-23(31-8)22(16-20)25-26-11-14-32-25/h9-11,14-16,19H,1,3,12-13H2,2,4-8H3,(H,27,30)/b21-15+. The largest absolute Gasteiger partial charge is 0.496 e. The fraction of sp³-hybridized carbons (Fsp3) is 0.360. The number of carbonyl (C=O) groups is 1. The van der Waals surface area contributed by atoms with Gasteiger partial charge in [0.05, 0.1) is 18.7 Å². The first kappa shape index (κ1) is 25.4. The molecule has 0 saturated heterocycles. The molecule has 1 aromatic heterocycles. The highest BCUT2D eigenvalue weighted by Crippen LogP contribution is 2.33. The number of benzene rings is 1. The SMILES string of the molecule is C=C(C)/C(=C\C(=C)N(C)CCN(C)C)C(=O)NC(C)c1ccc(OC)c(-c2nccs2)c1. The van der Waals surface area contributed by atoms with Crippen molar-refractivity contribution in [3.63, 3.8) is 0 Å². The van der Waals surface area contributed by atoms with Crippen LogP contribution in [0, 0.1) is 0 Å². The molecule has 0 bridgehead atoms. The highest BCUT2D eigenvalue weighted by Gasteiger charge is 2.18. The summed E-state index contributed by atoms with van der Waals surface area (Å²) in [6, 6.07) is 5.67. The van der Waals surface area contributed by atoms with Gasteiger partial charge in [0.15, 0.2) is 0 Å². The van der Waals surface area contributed by atoms with E-state index < -0.39 is 0 Å². The van der Waals surface area contributed by atoms with E-state index in [9.17, 15) is 4.79 Å². The van der Waals surface area contributed by atoms with Crippen LogP contribution in [0.25, 0.3) is 10.6 Å². The van der Waals surface area contributed by atoms with Crippen molar-refractivity contribution in [3.05, 3.63) is 71.4 Å². The Balaban J connectivity index is 2.19. The van der Waals surface area contributed by atoms with Crippen molar-refractivity contribution in [1.29, 1.82) is 0 Å².